The number of ether oxygens (including phenoxy) is 1. The predicted molar refractivity (Wildman–Crippen MR) is 118 cm³/mol. The Morgan fingerprint density at radius 1 is 1.17 bits per heavy atom. The molecule has 3 rings (SSSR count). The number of hydrogen-bond acceptors (Lipinski definition) is 4. The first-order valence-corrected chi connectivity index (χ1v) is 10.6. The van der Waals surface area contributed by atoms with E-state index >= 15 is 0 Å². The Labute approximate surface area is 177 Å². The first-order valence-electron chi connectivity index (χ1n) is 10.6. The molecule has 1 aliphatic rings. The van der Waals surface area contributed by atoms with Gasteiger partial charge in [-0.1, -0.05) is 25.1 Å². The molecular weight excluding hydrogens is 380 g/mol. The van der Waals surface area contributed by atoms with Crippen LogP contribution < -0.4 is 15.0 Å². The smallest absolute Gasteiger partial charge is 0.226 e. The van der Waals surface area contributed by atoms with Crippen molar-refractivity contribution in [1.82, 2.24) is 0 Å². The Bertz CT molecular complexity index is 854. The van der Waals surface area contributed by atoms with Crippen molar-refractivity contribution >= 4 is 23.2 Å². The van der Waals surface area contributed by atoms with Crippen molar-refractivity contribution in [1.29, 1.82) is 0 Å². The molecule has 160 valence electrons. The zero-order chi connectivity index (χ0) is 21.3. The van der Waals surface area contributed by atoms with Crippen LogP contribution in [0.15, 0.2) is 48.5 Å². The lowest BCUT2D eigenvalue weighted by Crippen LogP contribution is -2.32. The van der Waals surface area contributed by atoms with Crippen molar-refractivity contribution in [3.8, 4) is 5.75 Å². The minimum atomic E-state index is 0.0527. The number of carbonyl (C=O) groups excluding carboxylic acids is 2. The molecule has 1 aliphatic heterocycles. The second-order valence-corrected chi connectivity index (χ2v) is 7.67. The summed E-state index contributed by atoms with van der Waals surface area (Å²) in [6.45, 7) is 3.16. The van der Waals surface area contributed by atoms with Crippen molar-refractivity contribution in [2.75, 3.05) is 30.0 Å². The van der Waals surface area contributed by atoms with Crippen molar-refractivity contribution in [3.05, 3.63) is 54.1 Å². The number of anilines is 2. The van der Waals surface area contributed by atoms with E-state index in [9.17, 15) is 9.59 Å². The predicted octanol–water partition coefficient (Wildman–Crippen LogP) is 4.10. The van der Waals surface area contributed by atoms with E-state index in [2.05, 4.69) is 5.32 Å². The number of hydrogen-bond donors (Lipinski definition) is 2. The molecule has 1 unspecified atom stereocenters. The Balaban J connectivity index is 1.46. The van der Waals surface area contributed by atoms with Gasteiger partial charge in [0.05, 0.1) is 6.61 Å². The normalized spacial score (nSPS) is 15.3. The number of unbranched alkanes of at least 4 members (excludes halogenated alkanes) is 1. The molecule has 2 N–H and O–H groups in total. The molecule has 1 heterocycles. The second-order valence-electron chi connectivity index (χ2n) is 7.67. The Morgan fingerprint density at radius 2 is 1.97 bits per heavy atom. The molecular formula is C24H30N2O4. The average Bonchev–Trinajstić information content (AvgIpc) is 2.75. The van der Waals surface area contributed by atoms with Crippen LogP contribution in [0.25, 0.3) is 0 Å². The van der Waals surface area contributed by atoms with Gasteiger partial charge in [-0.15, -0.1) is 0 Å². The lowest BCUT2D eigenvalue weighted by Gasteiger charge is -2.23. The van der Waals surface area contributed by atoms with E-state index in [1.807, 2.05) is 55.5 Å². The van der Waals surface area contributed by atoms with Gasteiger partial charge in [0.1, 0.15) is 5.75 Å². The van der Waals surface area contributed by atoms with E-state index in [4.69, 9.17) is 9.84 Å². The SMILES string of the molecule is CC1CC(=O)Nc2ccc(OCCCCC(=O)N(CCCO)c3ccccc3)cc21. The van der Waals surface area contributed by atoms with Gasteiger partial charge < -0.3 is 20.1 Å². The average molecular weight is 411 g/mol. The van der Waals surface area contributed by atoms with Gasteiger partial charge in [0.15, 0.2) is 0 Å². The molecule has 0 radical (unpaired) electrons. The molecule has 0 fully saturated rings. The van der Waals surface area contributed by atoms with Crippen LogP contribution in [0.5, 0.6) is 5.75 Å². The summed E-state index contributed by atoms with van der Waals surface area (Å²) in [5.41, 5.74) is 2.83. The number of para-hydroxylation sites is 1. The van der Waals surface area contributed by atoms with Gasteiger partial charge >= 0.3 is 0 Å². The quantitative estimate of drug-likeness (QED) is 0.578. The summed E-state index contributed by atoms with van der Waals surface area (Å²) in [5, 5.41) is 12.0. The van der Waals surface area contributed by atoms with Crippen molar-refractivity contribution in [2.45, 2.75) is 44.9 Å². The largest absolute Gasteiger partial charge is 0.494 e. The fourth-order valence-electron chi connectivity index (χ4n) is 3.68. The number of amides is 2. The van der Waals surface area contributed by atoms with E-state index in [0.717, 1.165) is 35.5 Å². The number of carbonyl (C=O) groups is 2. The third kappa shape index (κ3) is 5.83. The van der Waals surface area contributed by atoms with E-state index in [-0.39, 0.29) is 24.3 Å². The van der Waals surface area contributed by atoms with Crippen LogP contribution in [0.3, 0.4) is 0 Å². The van der Waals surface area contributed by atoms with Crippen LogP contribution >= 0.6 is 0 Å². The second kappa shape index (κ2) is 10.8. The number of fused-ring (bicyclic) bond motifs is 1. The Kier molecular flexibility index (Phi) is 7.85. The first-order chi connectivity index (χ1) is 14.6. The lowest BCUT2D eigenvalue weighted by molar-refractivity contribution is -0.119. The van der Waals surface area contributed by atoms with E-state index in [1.54, 1.807) is 4.90 Å². The third-order valence-corrected chi connectivity index (χ3v) is 5.28. The summed E-state index contributed by atoms with van der Waals surface area (Å²) in [6.07, 6.45) is 3.00. The number of rotatable bonds is 10. The van der Waals surface area contributed by atoms with E-state index in [0.29, 0.717) is 32.4 Å². The van der Waals surface area contributed by atoms with E-state index < -0.39 is 0 Å². The maximum Gasteiger partial charge on any atom is 0.226 e. The molecule has 2 amide bonds. The van der Waals surface area contributed by atoms with Gasteiger partial charge in [0, 0.05) is 37.4 Å². The van der Waals surface area contributed by atoms with Gasteiger partial charge in [-0.25, -0.2) is 0 Å². The minimum absolute atomic E-state index is 0.0527. The Morgan fingerprint density at radius 3 is 2.73 bits per heavy atom. The molecule has 0 saturated carbocycles. The minimum Gasteiger partial charge on any atom is -0.494 e. The molecule has 0 aliphatic carbocycles. The van der Waals surface area contributed by atoms with Crippen LogP contribution in [0.4, 0.5) is 11.4 Å². The maximum atomic E-state index is 12.7. The molecule has 0 aromatic heterocycles. The Hall–Kier alpha value is -2.86. The number of aliphatic hydroxyl groups excluding tert-OH is 1. The van der Waals surface area contributed by atoms with Gasteiger partial charge in [-0.05, 0) is 61.1 Å². The molecule has 30 heavy (non-hydrogen) atoms. The van der Waals surface area contributed by atoms with Crippen LogP contribution in [0.1, 0.15) is 50.5 Å². The van der Waals surface area contributed by atoms with Crippen LogP contribution in [-0.2, 0) is 9.59 Å². The van der Waals surface area contributed by atoms with Crippen molar-refractivity contribution in [3.63, 3.8) is 0 Å². The molecule has 0 saturated heterocycles. The summed E-state index contributed by atoms with van der Waals surface area (Å²) in [5.74, 6) is 1.08. The fraction of sp³-hybridized carbons (Fsp3) is 0.417. The van der Waals surface area contributed by atoms with Crippen molar-refractivity contribution < 1.29 is 19.4 Å². The zero-order valence-corrected chi connectivity index (χ0v) is 17.5. The number of nitrogens with zero attached hydrogens (tertiary/aromatic N) is 1. The summed E-state index contributed by atoms with van der Waals surface area (Å²) in [7, 11) is 0. The zero-order valence-electron chi connectivity index (χ0n) is 17.5. The molecule has 6 nitrogen and oxygen atoms in total. The summed E-state index contributed by atoms with van der Waals surface area (Å²) < 4.78 is 5.87. The van der Waals surface area contributed by atoms with Gasteiger partial charge in [-0.2, -0.15) is 0 Å². The summed E-state index contributed by atoms with van der Waals surface area (Å²) in [4.78, 5) is 26.1. The van der Waals surface area contributed by atoms with Crippen LogP contribution in [0.2, 0.25) is 0 Å². The number of nitrogens with one attached hydrogen (secondary N) is 1. The van der Waals surface area contributed by atoms with Gasteiger partial charge in [0.2, 0.25) is 11.8 Å². The number of aliphatic hydroxyl groups is 1. The first kappa shape index (κ1) is 21.8. The molecule has 0 bridgehead atoms. The monoisotopic (exact) mass is 410 g/mol. The molecule has 2 aromatic rings. The topological polar surface area (TPSA) is 78.9 Å². The standard InChI is InChI=1S/C24H30N2O4/c1-18-16-23(28)25-22-12-11-20(17-21(18)22)30-15-6-5-10-24(29)26(13-7-14-27)19-8-3-2-4-9-19/h2-4,8-9,11-12,17-18,27H,5-7,10,13-16H2,1H3,(H,25,28). The highest BCUT2D eigenvalue weighted by Gasteiger charge is 2.22. The van der Waals surface area contributed by atoms with Crippen LogP contribution in [0, 0.1) is 0 Å². The molecule has 2 aromatic carbocycles. The van der Waals surface area contributed by atoms with Gasteiger partial charge in [0.25, 0.3) is 0 Å². The third-order valence-electron chi connectivity index (χ3n) is 5.28. The summed E-state index contributed by atoms with van der Waals surface area (Å²) >= 11 is 0. The highest BCUT2D eigenvalue weighted by Crippen LogP contribution is 2.34. The summed E-state index contributed by atoms with van der Waals surface area (Å²) in [6, 6.07) is 15.3. The fourth-order valence-corrected chi connectivity index (χ4v) is 3.68. The van der Waals surface area contributed by atoms with Crippen molar-refractivity contribution in [2.24, 2.45) is 0 Å². The van der Waals surface area contributed by atoms with E-state index in [1.165, 1.54) is 0 Å². The highest BCUT2D eigenvalue weighted by atomic mass is 16.5. The molecule has 0 spiro atoms. The lowest BCUT2D eigenvalue weighted by atomic mass is 9.92. The highest BCUT2D eigenvalue weighted by molar-refractivity contribution is 5.95. The molecule has 1 atom stereocenters. The molecule has 6 heteroatoms. The van der Waals surface area contributed by atoms with Crippen LogP contribution in [-0.4, -0.2) is 36.7 Å². The maximum absolute atomic E-state index is 12.7. The van der Waals surface area contributed by atoms with Gasteiger partial charge in [-0.3, -0.25) is 9.59 Å². The number of benzene rings is 2.